The van der Waals surface area contributed by atoms with Gasteiger partial charge in [0.1, 0.15) is 11.6 Å². The molecule has 0 aliphatic carbocycles. The molecule has 1 amide bonds. The van der Waals surface area contributed by atoms with Crippen molar-refractivity contribution in [3.8, 4) is 0 Å². The van der Waals surface area contributed by atoms with E-state index in [9.17, 15) is 18.4 Å². The molecule has 2 unspecified atom stereocenters. The number of aliphatic carboxylic acids is 1. The third-order valence-electron chi connectivity index (χ3n) is 4.08. The maximum Gasteiger partial charge on any atom is 0.305 e. The SMILES string of the molecule is CC(CC(=O)N1CCCC1CC(=O)O)c1ccc(F)cc1F. The van der Waals surface area contributed by atoms with Gasteiger partial charge in [0.2, 0.25) is 5.91 Å². The molecule has 0 spiro atoms. The van der Waals surface area contributed by atoms with Crippen molar-refractivity contribution in [3.05, 3.63) is 35.4 Å². The van der Waals surface area contributed by atoms with E-state index in [4.69, 9.17) is 5.11 Å². The molecule has 1 fully saturated rings. The molecular weight excluding hydrogens is 292 g/mol. The van der Waals surface area contributed by atoms with Gasteiger partial charge in [-0.05, 0) is 30.4 Å². The van der Waals surface area contributed by atoms with E-state index in [1.807, 2.05) is 0 Å². The topological polar surface area (TPSA) is 57.6 Å². The average molecular weight is 311 g/mol. The molecule has 0 bridgehead atoms. The third kappa shape index (κ3) is 3.81. The maximum atomic E-state index is 13.7. The van der Waals surface area contributed by atoms with E-state index in [0.29, 0.717) is 18.5 Å². The molecule has 0 aromatic heterocycles. The first-order valence-corrected chi connectivity index (χ1v) is 7.34. The van der Waals surface area contributed by atoms with Crippen LogP contribution in [-0.4, -0.2) is 34.5 Å². The molecule has 1 aliphatic heterocycles. The molecule has 2 atom stereocenters. The first-order valence-electron chi connectivity index (χ1n) is 7.34. The van der Waals surface area contributed by atoms with E-state index >= 15 is 0 Å². The molecule has 1 heterocycles. The summed E-state index contributed by atoms with van der Waals surface area (Å²) in [6.45, 7) is 2.24. The van der Waals surface area contributed by atoms with Crippen LogP contribution in [0, 0.1) is 11.6 Å². The molecule has 1 N–H and O–H groups in total. The van der Waals surface area contributed by atoms with Crippen LogP contribution in [0.4, 0.5) is 8.78 Å². The van der Waals surface area contributed by atoms with Gasteiger partial charge in [0.05, 0.1) is 6.42 Å². The Morgan fingerprint density at radius 1 is 1.41 bits per heavy atom. The van der Waals surface area contributed by atoms with Gasteiger partial charge < -0.3 is 10.0 Å². The minimum absolute atomic E-state index is 0.0645. The summed E-state index contributed by atoms with van der Waals surface area (Å²) in [7, 11) is 0. The van der Waals surface area contributed by atoms with Gasteiger partial charge in [0.25, 0.3) is 0 Å². The highest BCUT2D eigenvalue weighted by Crippen LogP contribution is 2.27. The minimum Gasteiger partial charge on any atom is -0.481 e. The van der Waals surface area contributed by atoms with Gasteiger partial charge in [0.15, 0.2) is 0 Å². The molecule has 22 heavy (non-hydrogen) atoms. The Kier molecular flexibility index (Phi) is 5.11. The first-order chi connectivity index (χ1) is 10.4. The highest BCUT2D eigenvalue weighted by atomic mass is 19.1. The number of hydrogen-bond acceptors (Lipinski definition) is 2. The van der Waals surface area contributed by atoms with Crippen molar-refractivity contribution < 1.29 is 23.5 Å². The predicted octanol–water partition coefficient (Wildman–Crippen LogP) is 2.92. The van der Waals surface area contributed by atoms with Gasteiger partial charge in [-0.15, -0.1) is 0 Å². The van der Waals surface area contributed by atoms with Crippen LogP contribution in [0.15, 0.2) is 18.2 Å². The minimum atomic E-state index is -0.928. The van der Waals surface area contributed by atoms with Gasteiger partial charge in [-0.1, -0.05) is 13.0 Å². The predicted molar refractivity (Wildman–Crippen MR) is 76.4 cm³/mol. The Bertz CT molecular complexity index is 577. The summed E-state index contributed by atoms with van der Waals surface area (Å²) in [6.07, 6.45) is 1.48. The number of carbonyl (C=O) groups is 2. The second-order valence-corrected chi connectivity index (χ2v) is 5.75. The largest absolute Gasteiger partial charge is 0.481 e. The summed E-state index contributed by atoms with van der Waals surface area (Å²) in [6, 6.07) is 3.04. The lowest BCUT2D eigenvalue weighted by molar-refractivity contribution is -0.140. The Morgan fingerprint density at radius 2 is 2.14 bits per heavy atom. The number of halogens is 2. The van der Waals surface area contributed by atoms with Crippen LogP contribution in [-0.2, 0) is 9.59 Å². The average Bonchev–Trinajstić information content (AvgIpc) is 2.85. The highest BCUT2D eigenvalue weighted by Gasteiger charge is 2.31. The zero-order chi connectivity index (χ0) is 16.3. The van der Waals surface area contributed by atoms with E-state index < -0.39 is 17.6 Å². The summed E-state index contributed by atoms with van der Waals surface area (Å²) in [5.41, 5.74) is 0.295. The van der Waals surface area contributed by atoms with Crippen LogP contribution in [0.1, 0.15) is 44.1 Å². The Balaban J connectivity index is 2.02. The molecule has 1 aromatic carbocycles. The van der Waals surface area contributed by atoms with Crippen LogP contribution < -0.4 is 0 Å². The molecule has 1 aromatic rings. The number of benzene rings is 1. The van der Waals surface area contributed by atoms with Crippen LogP contribution in [0.3, 0.4) is 0 Å². The number of nitrogens with zero attached hydrogens (tertiary/aromatic N) is 1. The fourth-order valence-electron chi connectivity index (χ4n) is 2.97. The van der Waals surface area contributed by atoms with Gasteiger partial charge in [-0.25, -0.2) is 8.78 Å². The summed E-state index contributed by atoms with van der Waals surface area (Å²) in [4.78, 5) is 24.7. The summed E-state index contributed by atoms with van der Waals surface area (Å²) >= 11 is 0. The molecule has 2 rings (SSSR count). The zero-order valence-electron chi connectivity index (χ0n) is 12.4. The lowest BCUT2D eigenvalue weighted by Gasteiger charge is -2.25. The van der Waals surface area contributed by atoms with Crippen LogP contribution in [0.5, 0.6) is 0 Å². The van der Waals surface area contributed by atoms with E-state index in [1.165, 1.54) is 12.1 Å². The van der Waals surface area contributed by atoms with Crippen molar-refractivity contribution in [2.24, 2.45) is 0 Å². The van der Waals surface area contributed by atoms with Gasteiger partial charge >= 0.3 is 5.97 Å². The number of hydrogen-bond donors (Lipinski definition) is 1. The molecule has 120 valence electrons. The second kappa shape index (κ2) is 6.85. The van der Waals surface area contributed by atoms with Crippen molar-refractivity contribution in [2.45, 2.75) is 44.6 Å². The van der Waals surface area contributed by atoms with Crippen molar-refractivity contribution in [1.82, 2.24) is 4.90 Å². The quantitative estimate of drug-likeness (QED) is 0.909. The van der Waals surface area contributed by atoms with Crippen molar-refractivity contribution >= 4 is 11.9 Å². The first kappa shape index (κ1) is 16.4. The summed E-state index contributed by atoms with van der Waals surface area (Å²) < 4.78 is 26.7. The Labute approximate surface area is 127 Å². The number of carboxylic acid groups (broad SMARTS) is 1. The number of rotatable bonds is 5. The Hall–Kier alpha value is -1.98. The van der Waals surface area contributed by atoms with Crippen LogP contribution in [0.2, 0.25) is 0 Å². The van der Waals surface area contributed by atoms with Crippen LogP contribution in [0.25, 0.3) is 0 Å². The van der Waals surface area contributed by atoms with E-state index in [-0.39, 0.29) is 30.7 Å². The molecule has 1 aliphatic rings. The normalized spacial score (nSPS) is 19.2. The lowest BCUT2D eigenvalue weighted by atomic mass is 9.96. The molecule has 0 saturated carbocycles. The lowest BCUT2D eigenvalue weighted by Crippen LogP contribution is -2.37. The molecule has 1 saturated heterocycles. The van der Waals surface area contributed by atoms with Crippen LogP contribution >= 0.6 is 0 Å². The smallest absolute Gasteiger partial charge is 0.305 e. The molecule has 4 nitrogen and oxygen atoms in total. The number of amides is 1. The molecule has 0 radical (unpaired) electrons. The van der Waals surface area contributed by atoms with Crippen molar-refractivity contribution in [1.29, 1.82) is 0 Å². The van der Waals surface area contributed by atoms with Crippen molar-refractivity contribution in [3.63, 3.8) is 0 Å². The third-order valence-corrected chi connectivity index (χ3v) is 4.08. The van der Waals surface area contributed by atoms with Gasteiger partial charge in [-0.3, -0.25) is 9.59 Å². The van der Waals surface area contributed by atoms with Crippen molar-refractivity contribution in [2.75, 3.05) is 6.54 Å². The molecular formula is C16H19F2NO3. The monoisotopic (exact) mass is 311 g/mol. The number of carboxylic acids is 1. The fraction of sp³-hybridized carbons (Fsp3) is 0.500. The maximum absolute atomic E-state index is 13.7. The fourth-order valence-corrected chi connectivity index (χ4v) is 2.97. The highest BCUT2D eigenvalue weighted by molar-refractivity contribution is 5.78. The van der Waals surface area contributed by atoms with E-state index in [2.05, 4.69) is 0 Å². The number of likely N-dealkylation sites (tertiary alicyclic amines) is 1. The summed E-state index contributed by atoms with van der Waals surface area (Å²) in [5, 5.41) is 8.87. The zero-order valence-corrected chi connectivity index (χ0v) is 12.4. The van der Waals surface area contributed by atoms with E-state index in [0.717, 1.165) is 12.5 Å². The standard InChI is InChI=1S/C16H19F2NO3/c1-10(13-5-4-11(17)8-14(13)18)7-15(20)19-6-2-3-12(19)9-16(21)22/h4-5,8,10,12H,2-3,6-7,9H2,1H3,(H,21,22). The Morgan fingerprint density at radius 3 is 2.77 bits per heavy atom. The number of carbonyl (C=O) groups excluding carboxylic acids is 1. The molecule has 6 heteroatoms. The van der Waals surface area contributed by atoms with Gasteiger partial charge in [-0.2, -0.15) is 0 Å². The van der Waals surface area contributed by atoms with E-state index in [1.54, 1.807) is 11.8 Å². The van der Waals surface area contributed by atoms with Gasteiger partial charge in [0, 0.05) is 25.1 Å². The second-order valence-electron chi connectivity index (χ2n) is 5.75. The summed E-state index contributed by atoms with van der Waals surface area (Å²) in [5.74, 6) is -2.81.